The summed E-state index contributed by atoms with van der Waals surface area (Å²) < 4.78 is 0. The van der Waals surface area contributed by atoms with Crippen molar-refractivity contribution in [2.45, 2.75) is 27.7 Å². The number of pyridine rings is 1. The largest absolute Gasteiger partial charge is 0.354 e. The van der Waals surface area contributed by atoms with E-state index < -0.39 is 0 Å². The summed E-state index contributed by atoms with van der Waals surface area (Å²) in [5, 5.41) is 12.6. The molecule has 0 saturated carbocycles. The molecule has 1 aromatic heterocycles. The lowest BCUT2D eigenvalue weighted by atomic mass is 10.1. The summed E-state index contributed by atoms with van der Waals surface area (Å²) in [5.74, 6) is 0. The average Bonchev–Trinajstić information content (AvgIpc) is 2.34. The highest BCUT2D eigenvalue weighted by atomic mass is 14.9. The quantitative estimate of drug-likeness (QED) is 0.879. The van der Waals surface area contributed by atoms with Crippen LogP contribution in [0.15, 0.2) is 24.3 Å². The van der Waals surface area contributed by atoms with E-state index in [-0.39, 0.29) is 0 Å². The van der Waals surface area contributed by atoms with E-state index >= 15 is 0 Å². The Morgan fingerprint density at radius 1 is 1.11 bits per heavy atom. The first-order chi connectivity index (χ1) is 9.02. The van der Waals surface area contributed by atoms with Gasteiger partial charge in [0.2, 0.25) is 0 Å². The Morgan fingerprint density at radius 3 is 2.53 bits per heavy atom. The first-order valence-corrected chi connectivity index (χ1v) is 6.24. The van der Waals surface area contributed by atoms with Crippen molar-refractivity contribution >= 4 is 11.4 Å². The van der Waals surface area contributed by atoms with Crippen LogP contribution in [0.3, 0.4) is 0 Å². The van der Waals surface area contributed by atoms with Crippen molar-refractivity contribution in [2.24, 2.45) is 0 Å². The minimum Gasteiger partial charge on any atom is -0.354 e. The van der Waals surface area contributed by atoms with Gasteiger partial charge in [0.05, 0.1) is 16.9 Å². The molecule has 2 aromatic rings. The molecule has 0 fully saturated rings. The first kappa shape index (κ1) is 13.1. The van der Waals surface area contributed by atoms with Gasteiger partial charge in [-0.2, -0.15) is 5.26 Å². The monoisotopic (exact) mass is 251 g/mol. The Kier molecular flexibility index (Phi) is 3.52. The number of nitrogens with one attached hydrogen (secondary N) is 1. The number of anilines is 2. The third-order valence-corrected chi connectivity index (χ3v) is 3.31. The van der Waals surface area contributed by atoms with Gasteiger partial charge in [-0.05, 0) is 51.0 Å². The molecule has 2 rings (SSSR count). The number of hydrogen-bond acceptors (Lipinski definition) is 3. The third-order valence-electron chi connectivity index (χ3n) is 3.31. The zero-order chi connectivity index (χ0) is 14.0. The Morgan fingerprint density at radius 2 is 1.84 bits per heavy atom. The van der Waals surface area contributed by atoms with Gasteiger partial charge in [0, 0.05) is 11.4 Å². The Bertz CT molecular complexity index is 666. The van der Waals surface area contributed by atoms with E-state index in [4.69, 9.17) is 0 Å². The summed E-state index contributed by atoms with van der Waals surface area (Å²) in [4.78, 5) is 4.32. The highest BCUT2D eigenvalue weighted by Gasteiger charge is 2.09. The zero-order valence-electron chi connectivity index (χ0n) is 11.7. The van der Waals surface area contributed by atoms with Crippen molar-refractivity contribution in [3.05, 3.63) is 52.3 Å². The molecule has 0 aliphatic rings. The highest BCUT2D eigenvalue weighted by Crippen LogP contribution is 2.26. The second kappa shape index (κ2) is 5.11. The number of aromatic nitrogens is 1. The fraction of sp³-hybridized carbons (Fsp3) is 0.250. The normalized spacial score (nSPS) is 10.1. The van der Waals surface area contributed by atoms with Gasteiger partial charge in [-0.1, -0.05) is 12.1 Å². The van der Waals surface area contributed by atoms with Gasteiger partial charge >= 0.3 is 0 Å². The van der Waals surface area contributed by atoms with Gasteiger partial charge < -0.3 is 5.32 Å². The van der Waals surface area contributed by atoms with Crippen LogP contribution in [-0.2, 0) is 0 Å². The number of hydrogen-bond donors (Lipinski definition) is 1. The van der Waals surface area contributed by atoms with Crippen molar-refractivity contribution in [1.29, 1.82) is 5.26 Å². The van der Waals surface area contributed by atoms with Gasteiger partial charge in [0.15, 0.2) is 0 Å². The molecule has 0 unspecified atom stereocenters. The Hall–Kier alpha value is -2.34. The molecule has 0 atom stereocenters. The molecule has 0 bridgehead atoms. The molecule has 0 spiro atoms. The minimum absolute atomic E-state index is 0.603. The molecule has 0 aliphatic carbocycles. The molecule has 0 aliphatic heterocycles. The van der Waals surface area contributed by atoms with Gasteiger partial charge in [0.1, 0.15) is 6.07 Å². The average molecular weight is 251 g/mol. The smallest absolute Gasteiger partial charge is 0.103 e. The van der Waals surface area contributed by atoms with Crippen molar-refractivity contribution < 1.29 is 0 Å². The maximum atomic E-state index is 9.26. The van der Waals surface area contributed by atoms with Crippen LogP contribution in [0.2, 0.25) is 0 Å². The second-order valence-corrected chi connectivity index (χ2v) is 4.76. The molecule has 19 heavy (non-hydrogen) atoms. The standard InChI is InChI=1S/C16H17N3/c1-10-6-5-7-15(12(10)3)19-16-8-11(2)18-13(4)14(16)9-17/h5-8H,1-4H3,(H,18,19). The van der Waals surface area contributed by atoms with E-state index in [1.807, 2.05) is 32.0 Å². The maximum absolute atomic E-state index is 9.26. The van der Waals surface area contributed by atoms with Crippen molar-refractivity contribution in [3.8, 4) is 6.07 Å². The SMILES string of the molecule is Cc1cc(Nc2cccc(C)c2C)c(C#N)c(C)n1. The summed E-state index contributed by atoms with van der Waals surface area (Å²) in [6.45, 7) is 7.95. The fourth-order valence-corrected chi connectivity index (χ4v) is 2.10. The van der Waals surface area contributed by atoms with Crippen LogP contribution in [0, 0.1) is 39.0 Å². The van der Waals surface area contributed by atoms with Crippen LogP contribution in [0.5, 0.6) is 0 Å². The summed E-state index contributed by atoms with van der Waals surface area (Å²) in [6.07, 6.45) is 0. The van der Waals surface area contributed by atoms with Gasteiger partial charge in [-0.25, -0.2) is 0 Å². The molecule has 3 heteroatoms. The number of benzene rings is 1. The Balaban J connectivity index is 2.50. The fourth-order valence-electron chi connectivity index (χ4n) is 2.10. The highest BCUT2D eigenvalue weighted by molar-refractivity contribution is 5.70. The van der Waals surface area contributed by atoms with Gasteiger partial charge in [0.25, 0.3) is 0 Å². The molecule has 1 heterocycles. The molecule has 0 saturated heterocycles. The van der Waals surface area contributed by atoms with E-state index in [1.165, 1.54) is 11.1 Å². The van der Waals surface area contributed by atoms with Crippen LogP contribution >= 0.6 is 0 Å². The first-order valence-electron chi connectivity index (χ1n) is 6.24. The van der Waals surface area contributed by atoms with Crippen LogP contribution in [-0.4, -0.2) is 4.98 Å². The van der Waals surface area contributed by atoms with Gasteiger partial charge in [-0.15, -0.1) is 0 Å². The maximum Gasteiger partial charge on any atom is 0.103 e. The lowest BCUT2D eigenvalue weighted by molar-refractivity contribution is 1.11. The van der Waals surface area contributed by atoms with E-state index in [9.17, 15) is 5.26 Å². The number of rotatable bonds is 2. The van der Waals surface area contributed by atoms with Crippen molar-refractivity contribution in [1.82, 2.24) is 4.98 Å². The van der Waals surface area contributed by atoms with Crippen molar-refractivity contribution in [2.75, 3.05) is 5.32 Å². The summed E-state index contributed by atoms with van der Waals surface area (Å²) >= 11 is 0. The number of aryl methyl sites for hydroxylation is 3. The molecule has 0 radical (unpaired) electrons. The van der Waals surface area contributed by atoms with Gasteiger partial charge in [-0.3, -0.25) is 4.98 Å². The lowest BCUT2D eigenvalue weighted by Gasteiger charge is -2.14. The van der Waals surface area contributed by atoms with Crippen LogP contribution in [0.4, 0.5) is 11.4 Å². The molecule has 1 aromatic carbocycles. The van der Waals surface area contributed by atoms with Crippen LogP contribution in [0.25, 0.3) is 0 Å². The number of nitriles is 1. The predicted molar refractivity (Wildman–Crippen MR) is 77.6 cm³/mol. The van der Waals surface area contributed by atoms with E-state index in [0.717, 1.165) is 22.8 Å². The Labute approximate surface area is 113 Å². The molecule has 1 N–H and O–H groups in total. The number of nitrogens with zero attached hydrogens (tertiary/aromatic N) is 2. The van der Waals surface area contributed by atoms with Crippen molar-refractivity contribution in [3.63, 3.8) is 0 Å². The molecular weight excluding hydrogens is 234 g/mol. The van der Waals surface area contributed by atoms with Crippen LogP contribution in [0.1, 0.15) is 28.1 Å². The van der Waals surface area contributed by atoms with E-state index in [2.05, 4.69) is 36.3 Å². The third kappa shape index (κ3) is 2.58. The zero-order valence-corrected chi connectivity index (χ0v) is 11.7. The molecule has 0 amide bonds. The minimum atomic E-state index is 0.603. The molecule has 3 nitrogen and oxygen atoms in total. The summed E-state index contributed by atoms with van der Waals surface area (Å²) in [5.41, 5.74) is 6.54. The molecule has 96 valence electrons. The lowest BCUT2D eigenvalue weighted by Crippen LogP contribution is -2.01. The van der Waals surface area contributed by atoms with Crippen LogP contribution < -0.4 is 5.32 Å². The topological polar surface area (TPSA) is 48.7 Å². The summed E-state index contributed by atoms with van der Waals surface area (Å²) in [7, 11) is 0. The van der Waals surface area contributed by atoms with E-state index in [0.29, 0.717) is 5.56 Å². The van der Waals surface area contributed by atoms with E-state index in [1.54, 1.807) is 0 Å². The molecular formula is C16H17N3. The second-order valence-electron chi connectivity index (χ2n) is 4.76. The predicted octanol–water partition coefficient (Wildman–Crippen LogP) is 3.93. The summed E-state index contributed by atoms with van der Waals surface area (Å²) in [6, 6.07) is 10.2.